The smallest absolute Gasteiger partial charge is 0.258 e. The Bertz CT molecular complexity index is 2170. The average molecular weight is 805 g/mol. The van der Waals surface area contributed by atoms with Crippen LogP contribution in [0.5, 0.6) is 11.5 Å². The summed E-state index contributed by atoms with van der Waals surface area (Å²) in [5, 5.41) is 10.3. The van der Waals surface area contributed by atoms with E-state index in [-0.39, 0.29) is 34.0 Å². The van der Waals surface area contributed by atoms with Crippen LogP contribution in [0, 0.1) is 46.8 Å². The van der Waals surface area contributed by atoms with Crippen molar-refractivity contribution in [3.63, 3.8) is 0 Å². The highest BCUT2D eigenvalue weighted by Crippen LogP contribution is 2.67. The van der Waals surface area contributed by atoms with Gasteiger partial charge in [-0.1, -0.05) is 48.0 Å². The molecule has 0 spiro atoms. The van der Waals surface area contributed by atoms with Gasteiger partial charge in [0.25, 0.3) is 11.8 Å². The highest BCUT2D eigenvalue weighted by atomic mass is 35.5. The normalized spacial score (nSPS) is 29.7. The molecule has 0 radical (unpaired) electrons. The van der Waals surface area contributed by atoms with Crippen molar-refractivity contribution in [3.05, 3.63) is 100 Å². The van der Waals surface area contributed by atoms with E-state index in [0.29, 0.717) is 32.5 Å². The number of hydrogen-bond donors (Lipinski definition) is 1. The standard InChI is InChI=1S/C39H32Cl2F5N3O6/c1-55-25-15-20(50)7-8-22(25)27-21-9-10-23-26(35(52)48(34(23)51)19-11-13-47(14-12-19)17-18-5-3-2-4-6-18)24(21)16-38(40)36(53)49(37(54)39(27,38)41)33-31(45)29(43)28(42)30(44)32(33)46/h2-9,15,19,23-24,26-27,50H,10-14,16-17H2,1H3. The quantitative estimate of drug-likeness (QED) is 0.0777. The fourth-order valence-corrected chi connectivity index (χ4v) is 10.3. The van der Waals surface area contributed by atoms with E-state index in [9.17, 15) is 37.5 Å². The van der Waals surface area contributed by atoms with E-state index >= 15 is 8.78 Å². The summed E-state index contributed by atoms with van der Waals surface area (Å²) in [6.45, 7) is 1.93. The van der Waals surface area contributed by atoms with Gasteiger partial charge in [0, 0.05) is 43.2 Å². The van der Waals surface area contributed by atoms with Gasteiger partial charge in [-0.25, -0.2) is 26.9 Å². The minimum atomic E-state index is -2.71. The SMILES string of the molecule is COc1cc(O)ccc1C1C2=CCC3C(=O)N(C4CCN(Cc5ccccc5)CC4)C(=O)C3C2CC2(Cl)C(=O)N(c3c(F)c(F)c(F)c(F)c3F)C(=O)C12Cl. The Morgan fingerprint density at radius 3 is 2.11 bits per heavy atom. The lowest BCUT2D eigenvalue weighted by atomic mass is 9.56. The first kappa shape index (κ1) is 37.4. The van der Waals surface area contributed by atoms with Crippen molar-refractivity contribution < 1.29 is 51.0 Å². The fraction of sp³-hybridized carbons (Fsp3) is 0.385. The van der Waals surface area contributed by atoms with Crippen LogP contribution in [0.25, 0.3) is 0 Å². The van der Waals surface area contributed by atoms with Gasteiger partial charge in [0.15, 0.2) is 33.0 Å². The number of carbonyl (C=O) groups is 4. The number of halogens is 7. The van der Waals surface area contributed by atoms with E-state index in [0.717, 1.165) is 5.56 Å². The van der Waals surface area contributed by atoms with Crippen molar-refractivity contribution in [1.29, 1.82) is 0 Å². The highest BCUT2D eigenvalue weighted by Gasteiger charge is 2.77. The maximum Gasteiger partial charge on any atom is 0.258 e. The molecule has 2 aliphatic carbocycles. The van der Waals surface area contributed by atoms with Gasteiger partial charge in [-0.2, -0.15) is 0 Å². The summed E-state index contributed by atoms with van der Waals surface area (Å²) >= 11 is 14.4. The first-order chi connectivity index (χ1) is 26.1. The van der Waals surface area contributed by atoms with E-state index < -0.39 is 104 Å². The number of rotatable bonds is 6. The second-order valence-electron chi connectivity index (χ2n) is 14.7. The van der Waals surface area contributed by atoms with Gasteiger partial charge in [0.05, 0.1) is 18.9 Å². The number of ether oxygens (including phenoxy) is 1. The molecule has 1 saturated carbocycles. The number of fused-ring (bicyclic) bond motifs is 4. The highest BCUT2D eigenvalue weighted by molar-refractivity contribution is 6.58. The molecule has 16 heteroatoms. The molecule has 288 valence electrons. The number of phenolic OH excluding ortho intramolecular Hbond substituents is 1. The molecule has 4 fully saturated rings. The zero-order valence-electron chi connectivity index (χ0n) is 29.0. The Balaban J connectivity index is 1.20. The number of likely N-dealkylation sites (tertiary alicyclic amines) is 2. The molecule has 6 unspecified atom stereocenters. The van der Waals surface area contributed by atoms with Crippen LogP contribution in [-0.4, -0.2) is 74.5 Å². The number of anilines is 1. The molecule has 0 bridgehead atoms. The third kappa shape index (κ3) is 5.27. The number of nitrogens with zero attached hydrogens (tertiary/aromatic N) is 3. The van der Waals surface area contributed by atoms with Crippen molar-refractivity contribution in [2.45, 2.75) is 53.9 Å². The maximum absolute atomic E-state index is 15.3. The third-order valence-corrected chi connectivity index (χ3v) is 13.4. The number of alkyl halides is 2. The number of methoxy groups -OCH3 is 1. The summed E-state index contributed by atoms with van der Waals surface area (Å²) in [6, 6.07) is 13.2. The molecule has 3 heterocycles. The van der Waals surface area contributed by atoms with E-state index in [1.165, 1.54) is 30.2 Å². The van der Waals surface area contributed by atoms with Crippen LogP contribution in [0.4, 0.5) is 27.6 Å². The number of allylic oxidation sites excluding steroid dienone is 2. The molecular weight excluding hydrogens is 772 g/mol. The second-order valence-corrected chi connectivity index (χ2v) is 15.9. The fourth-order valence-electron chi connectivity index (χ4n) is 9.41. The molecule has 3 saturated heterocycles. The largest absolute Gasteiger partial charge is 0.508 e. The van der Waals surface area contributed by atoms with Crippen LogP contribution in [0.2, 0.25) is 0 Å². The summed E-state index contributed by atoms with van der Waals surface area (Å²) in [5.41, 5.74) is -0.378. The lowest BCUT2D eigenvalue weighted by Crippen LogP contribution is -2.60. The zero-order valence-corrected chi connectivity index (χ0v) is 30.5. The summed E-state index contributed by atoms with van der Waals surface area (Å²) in [7, 11) is 1.24. The lowest BCUT2D eigenvalue weighted by Gasteiger charge is -2.51. The van der Waals surface area contributed by atoms with Gasteiger partial charge in [0.2, 0.25) is 17.6 Å². The predicted molar refractivity (Wildman–Crippen MR) is 188 cm³/mol. The minimum absolute atomic E-state index is 0.0209. The summed E-state index contributed by atoms with van der Waals surface area (Å²) in [5.74, 6) is -21.2. The van der Waals surface area contributed by atoms with Gasteiger partial charge in [0.1, 0.15) is 17.2 Å². The predicted octanol–water partition coefficient (Wildman–Crippen LogP) is 6.32. The van der Waals surface area contributed by atoms with E-state index in [4.69, 9.17) is 27.9 Å². The lowest BCUT2D eigenvalue weighted by molar-refractivity contribution is -0.144. The van der Waals surface area contributed by atoms with Gasteiger partial charge < -0.3 is 9.84 Å². The van der Waals surface area contributed by atoms with Crippen LogP contribution in [0.1, 0.15) is 42.7 Å². The van der Waals surface area contributed by atoms with Crippen molar-refractivity contribution in [2.75, 3.05) is 25.1 Å². The summed E-state index contributed by atoms with van der Waals surface area (Å²) in [6.07, 6.45) is 2.06. The molecule has 3 aromatic carbocycles. The maximum atomic E-state index is 15.3. The molecule has 3 aliphatic heterocycles. The van der Waals surface area contributed by atoms with Crippen molar-refractivity contribution in [1.82, 2.24) is 9.80 Å². The molecule has 6 atom stereocenters. The average Bonchev–Trinajstić information content (AvgIpc) is 3.52. The molecule has 1 N–H and O–H groups in total. The molecule has 55 heavy (non-hydrogen) atoms. The Labute approximate surface area is 321 Å². The monoisotopic (exact) mass is 803 g/mol. The van der Waals surface area contributed by atoms with Gasteiger partial charge >= 0.3 is 0 Å². The third-order valence-electron chi connectivity index (χ3n) is 12.0. The number of imide groups is 2. The molecule has 9 nitrogen and oxygen atoms in total. The molecule has 5 aliphatic rings. The van der Waals surface area contributed by atoms with Crippen LogP contribution in [0.3, 0.4) is 0 Å². The van der Waals surface area contributed by atoms with Crippen molar-refractivity contribution >= 4 is 52.5 Å². The first-order valence-corrected chi connectivity index (χ1v) is 18.4. The van der Waals surface area contributed by atoms with Crippen molar-refractivity contribution in [3.8, 4) is 11.5 Å². The number of aromatic hydroxyl groups is 1. The molecule has 4 amide bonds. The number of piperidine rings is 1. The molecule has 0 aromatic heterocycles. The van der Waals surface area contributed by atoms with Crippen molar-refractivity contribution in [2.24, 2.45) is 17.8 Å². The number of amides is 4. The van der Waals surface area contributed by atoms with Gasteiger partial charge in [-0.05, 0) is 43.2 Å². The van der Waals surface area contributed by atoms with Gasteiger partial charge in [-0.15, -0.1) is 23.2 Å². The van der Waals surface area contributed by atoms with E-state index in [2.05, 4.69) is 4.90 Å². The van der Waals surface area contributed by atoms with Crippen LogP contribution >= 0.6 is 23.2 Å². The number of carbonyl (C=O) groups excluding carboxylic acids is 4. The number of phenols is 1. The molecule has 3 aromatic rings. The Hall–Kier alpha value is -4.53. The Morgan fingerprint density at radius 1 is 0.836 bits per heavy atom. The second kappa shape index (κ2) is 13.3. The van der Waals surface area contributed by atoms with Gasteiger partial charge in [-0.3, -0.25) is 29.0 Å². The summed E-state index contributed by atoms with van der Waals surface area (Å²) in [4.78, 5) is 55.5. The van der Waals surface area contributed by atoms with Crippen LogP contribution in [-0.2, 0) is 25.7 Å². The number of benzene rings is 3. The first-order valence-electron chi connectivity index (χ1n) is 17.6. The summed E-state index contributed by atoms with van der Waals surface area (Å²) < 4.78 is 79.3. The van der Waals surface area contributed by atoms with E-state index in [1.54, 1.807) is 6.08 Å². The van der Waals surface area contributed by atoms with Crippen LogP contribution < -0.4 is 9.64 Å². The topological polar surface area (TPSA) is 107 Å². The Morgan fingerprint density at radius 2 is 1.47 bits per heavy atom. The Kier molecular flexibility index (Phi) is 9.05. The molecular formula is C39H32Cl2F5N3O6. The molecule has 8 rings (SSSR count). The van der Waals surface area contributed by atoms with Crippen LogP contribution in [0.15, 0.2) is 60.2 Å². The number of hydrogen-bond acceptors (Lipinski definition) is 7. The zero-order chi connectivity index (χ0) is 39.3. The van der Waals surface area contributed by atoms with E-state index in [1.807, 2.05) is 30.3 Å². The minimum Gasteiger partial charge on any atom is -0.508 e.